The van der Waals surface area contributed by atoms with E-state index in [1.54, 1.807) is 0 Å². The summed E-state index contributed by atoms with van der Waals surface area (Å²) in [5.74, 6) is 0.730. The molecule has 0 bridgehead atoms. The molecule has 2 aliphatic carbocycles. The number of unbranched alkanes of at least 4 members (excludes halogenated alkanes) is 1. The van der Waals surface area contributed by atoms with Crippen LogP contribution in [0.5, 0.6) is 0 Å². The Labute approximate surface area is 182 Å². The second kappa shape index (κ2) is 13.0. The van der Waals surface area contributed by atoms with Crippen LogP contribution >= 0.6 is 11.6 Å². The first-order chi connectivity index (χ1) is 13.9. The Morgan fingerprint density at radius 3 is 2.59 bits per heavy atom. The van der Waals surface area contributed by atoms with E-state index >= 15 is 0 Å². The molecule has 168 valence electrons. The Hall–Kier alpha value is -0.580. The molecule has 0 amide bonds. The number of esters is 1. The third-order valence-corrected chi connectivity index (χ3v) is 7.16. The Kier molecular flexibility index (Phi) is 11.0. The SMILES string of the molecule is CC(C)OC(=O)CCC/C=C/CC1C(Cl)CC(O)C1CCC(O)C1CCCCC1. The number of hydrogen-bond acceptors (Lipinski definition) is 4. The van der Waals surface area contributed by atoms with Gasteiger partial charge in [0.15, 0.2) is 0 Å². The first-order valence-electron chi connectivity index (χ1n) is 11.7. The molecule has 0 radical (unpaired) electrons. The highest BCUT2D eigenvalue weighted by Crippen LogP contribution is 2.42. The molecule has 0 aromatic carbocycles. The van der Waals surface area contributed by atoms with Crippen LogP contribution in [0.25, 0.3) is 0 Å². The summed E-state index contributed by atoms with van der Waals surface area (Å²) in [7, 11) is 0. The number of aliphatic hydroxyl groups is 2. The maximum absolute atomic E-state index is 11.5. The van der Waals surface area contributed by atoms with Gasteiger partial charge in [-0.25, -0.2) is 0 Å². The van der Waals surface area contributed by atoms with Gasteiger partial charge in [-0.1, -0.05) is 31.4 Å². The molecular formula is C24H41ClO4. The topological polar surface area (TPSA) is 66.8 Å². The number of hydrogen-bond donors (Lipinski definition) is 2. The van der Waals surface area contributed by atoms with Gasteiger partial charge in [-0.15, -0.1) is 11.6 Å². The van der Waals surface area contributed by atoms with E-state index in [0.29, 0.717) is 18.8 Å². The highest BCUT2D eigenvalue weighted by Gasteiger charge is 2.40. The molecule has 0 aliphatic heterocycles. The third kappa shape index (κ3) is 8.59. The highest BCUT2D eigenvalue weighted by atomic mass is 35.5. The first-order valence-corrected chi connectivity index (χ1v) is 12.2. The molecule has 2 rings (SSSR count). The van der Waals surface area contributed by atoms with Gasteiger partial charge < -0.3 is 14.9 Å². The number of alkyl halides is 1. The Morgan fingerprint density at radius 1 is 1.17 bits per heavy atom. The lowest BCUT2D eigenvalue weighted by atomic mass is 9.81. The summed E-state index contributed by atoms with van der Waals surface area (Å²) < 4.78 is 5.14. The molecule has 5 heteroatoms. The van der Waals surface area contributed by atoms with Crippen molar-refractivity contribution in [2.45, 2.75) is 115 Å². The Morgan fingerprint density at radius 2 is 1.90 bits per heavy atom. The zero-order chi connectivity index (χ0) is 21.2. The van der Waals surface area contributed by atoms with Crippen LogP contribution in [0.15, 0.2) is 12.2 Å². The van der Waals surface area contributed by atoms with E-state index in [1.165, 1.54) is 19.3 Å². The van der Waals surface area contributed by atoms with Crippen LogP contribution in [-0.2, 0) is 9.53 Å². The van der Waals surface area contributed by atoms with Crippen LogP contribution in [0, 0.1) is 17.8 Å². The number of halogens is 1. The predicted molar refractivity (Wildman–Crippen MR) is 118 cm³/mol. The van der Waals surface area contributed by atoms with Crippen molar-refractivity contribution in [1.29, 1.82) is 0 Å². The molecule has 0 spiro atoms. The monoisotopic (exact) mass is 428 g/mol. The average Bonchev–Trinajstić information content (AvgIpc) is 2.95. The van der Waals surface area contributed by atoms with Gasteiger partial charge in [-0.05, 0) is 83.0 Å². The smallest absolute Gasteiger partial charge is 0.306 e. The fourth-order valence-electron chi connectivity index (χ4n) is 5.04. The largest absolute Gasteiger partial charge is 0.463 e. The van der Waals surface area contributed by atoms with Crippen LogP contribution in [-0.4, -0.2) is 39.9 Å². The number of carbonyl (C=O) groups is 1. The lowest BCUT2D eigenvalue weighted by Gasteiger charge is -2.29. The van der Waals surface area contributed by atoms with E-state index in [1.807, 2.05) is 13.8 Å². The first kappa shape index (κ1) is 24.7. The zero-order valence-corrected chi connectivity index (χ0v) is 19.0. The van der Waals surface area contributed by atoms with Crippen LogP contribution in [0.2, 0.25) is 0 Å². The molecule has 2 saturated carbocycles. The second-order valence-corrected chi connectivity index (χ2v) is 9.89. The van der Waals surface area contributed by atoms with Crippen molar-refractivity contribution < 1.29 is 19.7 Å². The predicted octanol–water partition coefficient (Wildman–Crippen LogP) is 5.38. The van der Waals surface area contributed by atoms with Crippen molar-refractivity contribution in [3.63, 3.8) is 0 Å². The molecular weight excluding hydrogens is 388 g/mol. The number of aliphatic hydroxyl groups excluding tert-OH is 2. The van der Waals surface area contributed by atoms with E-state index < -0.39 is 0 Å². The molecule has 4 nitrogen and oxygen atoms in total. The van der Waals surface area contributed by atoms with E-state index in [4.69, 9.17) is 16.3 Å². The quantitative estimate of drug-likeness (QED) is 0.200. The zero-order valence-electron chi connectivity index (χ0n) is 18.3. The lowest BCUT2D eigenvalue weighted by Crippen LogP contribution is -2.26. The van der Waals surface area contributed by atoms with Gasteiger partial charge in [0.25, 0.3) is 0 Å². The van der Waals surface area contributed by atoms with Crippen molar-refractivity contribution in [3.8, 4) is 0 Å². The third-order valence-electron chi connectivity index (χ3n) is 6.66. The van der Waals surface area contributed by atoms with Crippen molar-refractivity contribution >= 4 is 17.6 Å². The highest BCUT2D eigenvalue weighted by molar-refractivity contribution is 6.21. The number of ether oxygens (including phenoxy) is 1. The molecule has 2 aliphatic rings. The van der Waals surface area contributed by atoms with Crippen LogP contribution in [0.4, 0.5) is 0 Å². The molecule has 5 unspecified atom stereocenters. The summed E-state index contributed by atoms with van der Waals surface area (Å²) in [6.07, 6.45) is 14.9. The van der Waals surface area contributed by atoms with Gasteiger partial charge in [-0.3, -0.25) is 4.79 Å². The van der Waals surface area contributed by atoms with E-state index in [9.17, 15) is 15.0 Å². The Balaban J connectivity index is 1.72. The summed E-state index contributed by atoms with van der Waals surface area (Å²) in [5.41, 5.74) is 0. The van der Waals surface area contributed by atoms with Crippen LogP contribution in [0.1, 0.15) is 90.9 Å². The van der Waals surface area contributed by atoms with E-state index in [0.717, 1.165) is 44.9 Å². The maximum atomic E-state index is 11.5. The van der Waals surface area contributed by atoms with Crippen molar-refractivity contribution in [3.05, 3.63) is 12.2 Å². The number of allylic oxidation sites excluding steroid dienone is 2. The van der Waals surface area contributed by atoms with Gasteiger partial charge >= 0.3 is 5.97 Å². The summed E-state index contributed by atoms with van der Waals surface area (Å²) in [5, 5.41) is 21.1. The molecule has 0 heterocycles. The molecule has 0 aromatic heterocycles. The summed E-state index contributed by atoms with van der Waals surface area (Å²) >= 11 is 6.54. The molecule has 2 N–H and O–H groups in total. The molecule has 0 saturated heterocycles. The maximum Gasteiger partial charge on any atom is 0.306 e. The van der Waals surface area contributed by atoms with Gasteiger partial charge in [0.1, 0.15) is 0 Å². The minimum atomic E-state index is -0.361. The molecule has 0 aromatic rings. The van der Waals surface area contributed by atoms with E-state index in [-0.39, 0.29) is 41.5 Å². The van der Waals surface area contributed by atoms with Gasteiger partial charge in [-0.2, -0.15) is 0 Å². The minimum absolute atomic E-state index is 0.00695. The standard InChI is InChI=1S/C24H41ClO4/c1-17(2)29-24(28)13-9-4-3-8-12-19-20(23(27)16-21(19)25)14-15-22(26)18-10-6-5-7-11-18/h3,8,17-23,26-27H,4-7,9-16H2,1-2H3/b8-3+. The fraction of sp³-hybridized carbons (Fsp3) is 0.875. The summed E-state index contributed by atoms with van der Waals surface area (Å²) in [6, 6.07) is 0. The Bertz CT molecular complexity index is 501. The van der Waals surface area contributed by atoms with E-state index in [2.05, 4.69) is 12.2 Å². The summed E-state index contributed by atoms with van der Waals surface area (Å²) in [4.78, 5) is 11.5. The molecule has 29 heavy (non-hydrogen) atoms. The number of rotatable bonds is 11. The van der Waals surface area contributed by atoms with Gasteiger partial charge in [0.2, 0.25) is 0 Å². The normalized spacial score (nSPS) is 29.6. The van der Waals surface area contributed by atoms with Crippen LogP contribution in [0.3, 0.4) is 0 Å². The van der Waals surface area contributed by atoms with Crippen molar-refractivity contribution in [1.82, 2.24) is 0 Å². The average molecular weight is 429 g/mol. The lowest BCUT2D eigenvalue weighted by molar-refractivity contribution is -0.147. The van der Waals surface area contributed by atoms with Crippen molar-refractivity contribution in [2.24, 2.45) is 17.8 Å². The number of carbonyl (C=O) groups excluding carboxylic acids is 1. The summed E-state index contributed by atoms with van der Waals surface area (Å²) in [6.45, 7) is 3.72. The van der Waals surface area contributed by atoms with Crippen molar-refractivity contribution in [2.75, 3.05) is 0 Å². The second-order valence-electron chi connectivity index (χ2n) is 9.33. The molecule has 2 fully saturated rings. The van der Waals surface area contributed by atoms with Crippen LogP contribution < -0.4 is 0 Å². The van der Waals surface area contributed by atoms with Gasteiger partial charge in [0, 0.05) is 11.8 Å². The molecule has 5 atom stereocenters. The fourth-order valence-corrected chi connectivity index (χ4v) is 5.51. The minimum Gasteiger partial charge on any atom is -0.463 e. The van der Waals surface area contributed by atoms with Gasteiger partial charge in [0.05, 0.1) is 18.3 Å².